The van der Waals surface area contributed by atoms with Crippen LogP contribution in [0.5, 0.6) is 0 Å². The van der Waals surface area contributed by atoms with Crippen LogP contribution in [0.15, 0.2) is 35.9 Å². The molecule has 0 heterocycles. The van der Waals surface area contributed by atoms with Crippen LogP contribution in [0, 0.1) is 0 Å². The minimum absolute atomic E-state index is 0.217. The van der Waals surface area contributed by atoms with Gasteiger partial charge in [-0.15, -0.1) is 0 Å². The van der Waals surface area contributed by atoms with Crippen LogP contribution < -0.4 is 5.32 Å². The number of nitrogens with one attached hydrogen (secondary N) is 1. The molecule has 0 spiro atoms. The molecule has 3 heteroatoms. The minimum atomic E-state index is -0.829. The number of carbonyl (C=O) groups is 1. The number of rotatable bonds is 7. The van der Waals surface area contributed by atoms with Gasteiger partial charge in [0, 0.05) is 18.2 Å². The summed E-state index contributed by atoms with van der Waals surface area (Å²) in [5.74, 6) is -0.829. The van der Waals surface area contributed by atoms with Gasteiger partial charge in [0.05, 0.1) is 0 Å². The summed E-state index contributed by atoms with van der Waals surface area (Å²) in [5, 5.41) is 12.2. The molecule has 1 rings (SSSR count). The number of benzene rings is 1. The van der Waals surface area contributed by atoms with E-state index in [4.69, 9.17) is 5.11 Å². The average molecular weight is 261 g/mol. The third-order valence-corrected chi connectivity index (χ3v) is 3.32. The van der Waals surface area contributed by atoms with Gasteiger partial charge in [-0.05, 0) is 30.9 Å². The fourth-order valence-corrected chi connectivity index (χ4v) is 1.90. The summed E-state index contributed by atoms with van der Waals surface area (Å²) in [6.07, 6.45) is 3.35. The summed E-state index contributed by atoms with van der Waals surface area (Å²) in [6.45, 7) is 6.65. The Morgan fingerprint density at radius 3 is 2.42 bits per heavy atom. The van der Waals surface area contributed by atoms with Gasteiger partial charge in [-0.2, -0.15) is 0 Å². The van der Waals surface area contributed by atoms with Gasteiger partial charge < -0.3 is 10.4 Å². The molecule has 0 radical (unpaired) electrons. The van der Waals surface area contributed by atoms with Crippen molar-refractivity contribution in [2.75, 3.05) is 6.54 Å². The van der Waals surface area contributed by atoms with E-state index in [0.29, 0.717) is 18.5 Å². The van der Waals surface area contributed by atoms with Crippen LogP contribution in [0.4, 0.5) is 0 Å². The van der Waals surface area contributed by atoms with E-state index in [1.165, 1.54) is 11.1 Å². The van der Waals surface area contributed by atoms with E-state index < -0.39 is 5.97 Å². The second kappa shape index (κ2) is 7.74. The standard InChI is InChI=1S/C16H23NO2/c1-4-13-6-8-15(9-7-13)12(3)17-11-10-14(5-2)16(18)19/h6-10,12,17H,4-5,11H2,1-3H3,(H,18,19)/b14-10-. The van der Waals surface area contributed by atoms with Crippen LogP contribution >= 0.6 is 0 Å². The quantitative estimate of drug-likeness (QED) is 0.740. The summed E-state index contributed by atoms with van der Waals surface area (Å²) < 4.78 is 0. The minimum Gasteiger partial charge on any atom is -0.478 e. The molecule has 1 unspecified atom stereocenters. The van der Waals surface area contributed by atoms with Crippen molar-refractivity contribution in [2.24, 2.45) is 0 Å². The fourth-order valence-electron chi connectivity index (χ4n) is 1.90. The molecule has 1 aromatic rings. The molecule has 0 fully saturated rings. The van der Waals surface area contributed by atoms with Crippen molar-refractivity contribution in [1.29, 1.82) is 0 Å². The van der Waals surface area contributed by atoms with Gasteiger partial charge in [0.2, 0.25) is 0 Å². The highest BCUT2D eigenvalue weighted by molar-refractivity contribution is 5.86. The van der Waals surface area contributed by atoms with Crippen LogP contribution in [0.25, 0.3) is 0 Å². The van der Waals surface area contributed by atoms with Crippen molar-refractivity contribution in [3.05, 3.63) is 47.0 Å². The van der Waals surface area contributed by atoms with Crippen molar-refractivity contribution >= 4 is 5.97 Å². The van der Waals surface area contributed by atoms with Crippen LogP contribution in [-0.4, -0.2) is 17.6 Å². The largest absolute Gasteiger partial charge is 0.478 e. The number of hydrogen-bond donors (Lipinski definition) is 2. The summed E-state index contributed by atoms with van der Waals surface area (Å²) in [7, 11) is 0. The van der Waals surface area contributed by atoms with Crippen molar-refractivity contribution in [3.8, 4) is 0 Å². The molecule has 0 saturated heterocycles. The molecule has 0 aliphatic rings. The zero-order valence-corrected chi connectivity index (χ0v) is 11.9. The Bertz CT molecular complexity index is 435. The van der Waals surface area contributed by atoms with Crippen LogP contribution in [0.2, 0.25) is 0 Å². The lowest BCUT2D eigenvalue weighted by Crippen LogP contribution is -2.19. The second-order valence-corrected chi connectivity index (χ2v) is 4.61. The molecule has 19 heavy (non-hydrogen) atoms. The Labute approximate surface area is 115 Å². The Hall–Kier alpha value is -1.61. The van der Waals surface area contributed by atoms with E-state index >= 15 is 0 Å². The zero-order valence-electron chi connectivity index (χ0n) is 11.9. The first kappa shape index (κ1) is 15.4. The Balaban J connectivity index is 2.54. The number of carboxylic acid groups (broad SMARTS) is 1. The average Bonchev–Trinajstić information content (AvgIpc) is 2.43. The summed E-state index contributed by atoms with van der Waals surface area (Å²) in [6, 6.07) is 8.74. The molecule has 104 valence electrons. The van der Waals surface area contributed by atoms with E-state index in [2.05, 4.69) is 43.4 Å². The lowest BCUT2D eigenvalue weighted by molar-refractivity contribution is -0.132. The summed E-state index contributed by atoms with van der Waals surface area (Å²) in [5.41, 5.74) is 3.01. The predicted molar refractivity (Wildman–Crippen MR) is 78.2 cm³/mol. The molecule has 0 amide bonds. The van der Waals surface area contributed by atoms with Crippen LogP contribution in [0.1, 0.15) is 44.4 Å². The van der Waals surface area contributed by atoms with Crippen molar-refractivity contribution in [2.45, 2.75) is 39.7 Å². The fraction of sp³-hybridized carbons (Fsp3) is 0.438. The third-order valence-electron chi connectivity index (χ3n) is 3.32. The Kier molecular flexibility index (Phi) is 6.30. The van der Waals surface area contributed by atoms with Gasteiger partial charge >= 0.3 is 5.97 Å². The second-order valence-electron chi connectivity index (χ2n) is 4.61. The monoisotopic (exact) mass is 261 g/mol. The normalized spacial score (nSPS) is 13.3. The molecule has 0 bridgehead atoms. The number of hydrogen-bond acceptors (Lipinski definition) is 2. The molecule has 0 saturated carbocycles. The van der Waals surface area contributed by atoms with Crippen molar-refractivity contribution < 1.29 is 9.90 Å². The van der Waals surface area contributed by atoms with Gasteiger partial charge in [-0.1, -0.05) is 44.2 Å². The lowest BCUT2D eigenvalue weighted by atomic mass is 10.0. The first-order valence-electron chi connectivity index (χ1n) is 6.83. The topological polar surface area (TPSA) is 49.3 Å². The number of aliphatic carboxylic acids is 1. The first-order chi connectivity index (χ1) is 9.08. The third kappa shape index (κ3) is 4.87. The SMILES string of the molecule is CC/C(=C/CNC(C)c1ccc(CC)cc1)C(=O)O. The molecular formula is C16H23NO2. The Morgan fingerprint density at radius 1 is 1.32 bits per heavy atom. The van der Waals surface area contributed by atoms with Crippen LogP contribution in [-0.2, 0) is 11.2 Å². The van der Waals surface area contributed by atoms with E-state index in [0.717, 1.165) is 6.42 Å². The van der Waals surface area contributed by atoms with E-state index in [1.807, 2.05) is 6.92 Å². The summed E-state index contributed by atoms with van der Waals surface area (Å²) >= 11 is 0. The van der Waals surface area contributed by atoms with Crippen LogP contribution in [0.3, 0.4) is 0 Å². The lowest BCUT2D eigenvalue weighted by Gasteiger charge is -2.13. The van der Waals surface area contributed by atoms with Gasteiger partial charge in [0.25, 0.3) is 0 Å². The molecule has 2 N–H and O–H groups in total. The number of carboxylic acids is 1. The van der Waals surface area contributed by atoms with E-state index in [1.54, 1.807) is 6.08 Å². The molecule has 0 aliphatic carbocycles. The maximum absolute atomic E-state index is 10.9. The van der Waals surface area contributed by atoms with Gasteiger partial charge in [-0.3, -0.25) is 0 Å². The van der Waals surface area contributed by atoms with Crippen molar-refractivity contribution in [1.82, 2.24) is 5.32 Å². The Morgan fingerprint density at radius 2 is 1.95 bits per heavy atom. The predicted octanol–water partition coefficient (Wildman–Crippen LogP) is 3.32. The maximum Gasteiger partial charge on any atom is 0.331 e. The molecule has 0 aromatic heterocycles. The van der Waals surface area contributed by atoms with Gasteiger partial charge in [-0.25, -0.2) is 4.79 Å². The number of aryl methyl sites for hydroxylation is 1. The highest BCUT2D eigenvalue weighted by Gasteiger charge is 2.06. The van der Waals surface area contributed by atoms with Crippen molar-refractivity contribution in [3.63, 3.8) is 0 Å². The molecule has 0 aliphatic heterocycles. The zero-order chi connectivity index (χ0) is 14.3. The summed E-state index contributed by atoms with van der Waals surface area (Å²) in [4.78, 5) is 10.9. The highest BCUT2D eigenvalue weighted by atomic mass is 16.4. The first-order valence-corrected chi connectivity index (χ1v) is 6.83. The molecule has 1 aromatic carbocycles. The van der Waals surface area contributed by atoms with E-state index in [9.17, 15) is 4.79 Å². The van der Waals surface area contributed by atoms with Gasteiger partial charge in [0.1, 0.15) is 0 Å². The highest BCUT2D eigenvalue weighted by Crippen LogP contribution is 2.13. The van der Waals surface area contributed by atoms with Gasteiger partial charge in [0.15, 0.2) is 0 Å². The molecule has 3 nitrogen and oxygen atoms in total. The smallest absolute Gasteiger partial charge is 0.331 e. The molecule has 1 atom stereocenters. The van der Waals surface area contributed by atoms with E-state index in [-0.39, 0.29) is 6.04 Å². The maximum atomic E-state index is 10.9. The molecular weight excluding hydrogens is 238 g/mol.